The zero-order chi connectivity index (χ0) is 12.1. The van der Waals surface area contributed by atoms with E-state index in [1.165, 1.54) is 9.75 Å². The fourth-order valence-corrected chi connectivity index (χ4v) is 2.63. The molecular formula is C12H19ClN2O2S. The smallest absolute Gasteiger partial charge is 0.250 e. The maximum absolute atomic E-state index is 11.8. The Hall–Kier alpha value is -0.620. The number of carbonyl (C=O) groups excluding carboxylic acids is 1. The number of morpholine rings is 1. The molecule has 1 aromatic heterocycles. The molecule has 0 spiro atoms. The maximum atomic E-state index is 11.8. The van der Waals surface area contributed by atoms with Gasteiger partial charge in [0.1, 0.15) is 6.10 Å². The summed E-state index contributed by atoms with van der Waals surface area (Å²) < 4.78 is 5.38. The van der Waals surface area contributed by atoms with E-state index < -0.39 is 0 Å². The third-order valence-electron chi connectivity index (χ3n) is 2.72. The van der Waals surface area contributed by atoms with Gasteiger partial charge in [0.25, 0.3) is 5.91 Å². The average molecular weight is 291 g/mol. The van der Waals surface area contributed by atoms with Gasteiger partial charge in [0.05, 0.1) is 13.2 Å². The summed E-state index contributed by atoms with van der Waals surface area (Å²) in [6, 6.07) is 4.19. The lowest BCUT2D eigenvalue weighted by molar-refractivity contribution is -0.134. The first-order valence-corrected chi connectivity index (χ1v) is 6.79. The number of amides is 1. The van der Waals surface area contributed by atoms with Crippen molar-refractivity contribution in [1.82, 2.24) is 10.6 Å². The third-order valence-corrected chi connectivity index (χ3v) is 3.95. The summed E-state index contributed by atoms with van der Waals surface area (Å²) in [6.45, 7) is 4.78. The number of hydrogen-bond donors (Lipinski definition) is 2. The molecule has 1 unspecified atom stereocenters. The van der Waals surface area contributed by atoms with E-state index in [9.17, 15) is 4.79 Å². The summed E-state index contributed by atoms with van der Waals surface area (Å²) in [4.78, 5) is 14.3. The Morgan fingerprint density at radius 1 is 1.56 bits per heavy atom. The summed E-state index contributed by atoms with van der Waals surface area (Å²) >= 11 is 1.75. The van der Waals surface area contributed by atoms with Crippen LogP contribution in [-0.2, 0) is 22.5 Å². The van der Waals surface area contributed by atoms with Gasteiger partial charge < -0.3 is 15.4 Å². The van der Waals surface area contributed by atoms with Crippen LogP contribution in [-0.4, -0.2) is 31.7 Å². The highest BCUT2D eigenvalue weighted by Gasteiger charge is 2.21. The summed E-state index contributed by atoms with van der Waals surface area (Å²) in [6.07, 6.45) is 0.711. The number of ether oxygens (including phenoxy) is 1. The van der Waals surface area contributed by atoms with Crippen molar-refractivity contribution < 1.29 is 9.53 Å². The molecule has 1 aliphatic rings. The van der Waals surface area contributed by atoms with Crippen molar-refractivity contribution in [2.45, 2.75) is 26.0 Å². The zero-order valence-corrected chi connectivity index (χ0v) is 12.0. The minimum atomic E-state index is -0.339. The minimum absolute atomic E-state index is 0. The van der Waals surface area contributed by atoms with Crippen molar-refractivity contribution in [3.63, 3.8) is 0 Å². The Balaban J connectivity index is 0.00000162. The molecule has 1 amide bonds. The minimum Gasteiger partial charge on any atom is -0.366 e. The molecule has 0 saturated carbocycles. The summed E-state index contributed by atoms with van der Waals surface area (Å²) in [5.74, 6) is -0.0244. The van der Waals surface area contributed by atoms with Gasteiger partial charge in [0.2, 0.25) is 0 Å². The van der Waals surface area contributed by atoms with Crippen LogP contribution in [0.5, 0.6) is 0 Å². The van der Waals surface area contributed by atoms with E-state index >= 15 is 0 Å². The fourth-order valence-electron chi connectivity index (χ4n) is 1.73. The van der Waals surface area contributed by atoms with Crippen molar-refractivity contribution in [2.24, 2.45) is 0 Å². The van der Waals surface area contributed by atoms with Gasteiger partial charge in [-0.1, -0.05) is 6.92 Å². The average Bonchev–Trinajstić information content (AvgIpc) is 2.85. The van der Waals surface area contributed by atoms with Gasteiger partial charge in [0, 0.05) is 22.8 Å². The van der Waals surface area contributed by atoms with Crippen LogP contribution in [0.2, 0.25) is 0 Å². The molecule has 6 heteroatoms. The second-order valence-electron chi connectivity index (χ2n) is 4.00. The second kappa shape index (κ2) is 7.74. The number of halogens is 1. The maximum Gasteiger partial charge on any atom is 0.250 e. The molecule has 0 aromatic carbocycles. The Bertz CT molecular complexity index is 378. The van der Waals surface area contributed by atoms with Crippen molar-refractivity contribution in [1.29, 1.82) is 0 Å². The Kier molecular flexibility index (Phi) is 6.63. The van der Waals surface area contributed by atoms with Gasteiger partial charge in [-0.3, -0.25) is 4.79 Å². The molecule has 1 aliphatic heterocycles. The summed E-state index contributed by atoms with van der Waals surface area (Å²) in [7, 11) is 0. The van der Waals surface area contributed by atoms with E-state index in [0.29, 0.717) is 19.7 Å². The molecule has 1 atom stereocenters. The molecule has 1 aromatic rings. The first kappa shape index (κ1) is 15.4. The molecule has 2 rings (SSSR count). The second-order valence-corrected chi connectivity index (χ2v) is 5.26. The molecule has 1 saturated heterocycles. The normalized spacial score (nSPS) is 19.1. The topological polar surface area (TPSA) is 50.4 Å². The van der Waals surface area contributed by atoms with Crippen molar-refractivity contribution in [3.05, 3.63) is 21.9 Å². The van der Waals surface area contributed by atoms with Crippen LogP contribution in [0.25, 0.3) is 0 Å². The lowest BCUT2D eigenvalue weighted by Crippen LogP contribution is -2.47. The number of hydrogen-bond acceptors (Lipinski definition) is 4. The van der Waals surface area contributed by atoms with E-state index in [2.05, 4.69) is 29.7 Å². The first-order valence-electron chi connectivity index (χ1n) is 5.97. The van der Waals surface area contributed by atoms with Gasteiger partial charge in [-0.2, -0.15) is 0 Å². The SMILES string of the molecule is CCc1ccc(CNC(=O)C2CNCCO2)s1.Cl. The third kappa shape index (κ3) is 4.24. The van der Waals surface area contributed by atoms with E-state index in [1.807, 2.05) is 0 Å². The van der Waals surface area contributed by atoms with Gasteiger partial charge in [-0.25, -0.2) is 0 Å². The van der Waals surface area contributed by atoms with E-state index in [1.54, 1.807) is 11.3 Å². The van der Waals surface area contributed by atoms with Gasteiger partial charge in [-0.15, -0.1) is 23.7 Å². The number of thiophene rings is 1. The lowest BCUT2D eigenvalue weighted by atomic mass is 10.3. The van der Waals surface area contributed by atoms with Crippen LogP contribution in [0.3, 0.4) is 0 Å². The number of carbonyl (C=O) groups is 1. The van der Waals surface area contributed by atoms with Crippen LogP contribution >= 0.6 is 23.7 Å². The zero-order valence-electron chi connectivity index (χ0n) is 10.4. The molecule has 0 radical (unpaired) electrons. The molecule has 0 bridgehead atoms. The van der Waals surface area contributed by atoms with E-state index in [4.69, 9.17) is 4.74 Å². The number of aryl methyl sites for hydroxylation is 1. The monoisotopic (exact) mass is 290 g/mol. The molecule has 2 N–H and O–H groups in total. The molecule has 4 nitrogen and oxygen atoms in total. The van der Waals surface area contributed by atoms with Crippen LogP contribution < -0.4 is 10.6 Å². The standard InChI is InChI=1S/C12H18N2O2S.ClH/c1-2-9-3-4-10(17-9)7-14-12(15)11-8-13-5-6-16-11;/h3-4,11,13H,2,5-8H2,1H3,(H,14,15);1H. The molecule has 2 heterocycles. The van der Waals surface area contributed by atoms with Crippen LogP contribution in [0.1, 0.15) is 16.7 Å². The predicted octanol–water partition coefficient (Wildman–Crippen LogP) is 1.34. The number of rotatable bonds is 4. The van der Waals surface area contributed by atoms with Gasteiger partial charge in [-0.05, 0) is 18.6 Å². The molecule has 0 aliphatic carbocycles. The summed E-state index contributed by atoms with van der Waals surface area (Å²) in [5.41, 5.74) is 0. The first-order chi connectivity index (χ1) is 8.29. The quantitative estimate of drug-likeness (QED) is 0.880. The van der Waals surface area contributed by atoms with Crippen LogP contribution in [0.15, 0.2) is 12.1 Å². The lowest BCUT2D eigenvalue weighted by Gasteiger charge is -2.22. The molecule has 18 heavy (non-hydrogen) atoms. The van der Waals surface area contributed by atoms with Crippen molar-refractivity contribution in [2.75, 3.05) is 19.7 Å². The largest absolute Gasteiger partial charge is 0.366 e. The summed E-state index contributed by atoms with van der Waals surface area (Å²) in [5, 5.41) is 6.06. The molecule has 102 valence electrons. The van der Waals surface area contributed by atoms with Crippen molar-refractivity contribution >= 4 is 29.7 Å². The van der Waals surface area contributed by atoms with Gasteiger partial charge >= 0.3 is 0 Å². The Labute approximate surface area is 118 Å². The fraction of sp³-hybridized carbons (Fsp3) is 0.583. The predicted molar refractivity (Wildman–Crippen MR) is 75.4 cm³/mol. The van der Waals surface area contributed by atoms with Crippen LogP contribution in [0.4, 0.5) is 0 Å². The Morgan fingerprint density at radius 3 is 2.94 bits per heavy atom. The van der Waals surface area contributed by atoms with E-state index in [-0.39, 0.29) is 24.4 Å². The molecule has 1 fully saturated rings. The van der Waals surface area contributed by atoms with Crippen LogP contribution in [0, 0.1) is 0 Å². The van der Waals surface area contributed by atoms with Crippen molar-refractivity contribution in [3.8, 4) is 0 Å². The highest BCUT2D eigenvalue weighted by atomic mass is 35.5. The van der Waals surface area contributed by atoms with Gasteiger partial charge in [0.15, 0.2) is 0 Å². The highest BCUT2D eigenvalue weighted by Crippen LogP contribution is 2.16. The van der Waals surface area contributed by atoms with E-state index in [0.717, 1.165) is 13.0 Å². The molecular weight excluding hydrogens is 272 g/mol. The number of nitrogens with one attached hydrogen (secondary N) is 2. The Morgan fingerprint density at radius 2 is 2.33 bits per heavy atom. The highest BCUT2D eigenvalue weighted by molar-refractivity contribution is 7.11.